The molecule has 1 aromatic heterocycles. The van der Waals surface area contributed by atoms with Gasteiger partial charge in [0.05, 0.1) is 6.54 Å². The second kappa shape index (κ2) is 6.17. The number of nitrogens with zero attached hydrogens (tertiary/aromatic N) is 3. The maximum Gasteiger partial charge on any atom is 0.220 e. The minimum absolute atomic E-state index is 0.0996. The van der Waals surface area contributed by atoms with Crippen LogP contribution < -0.4 is 5.32 Å². The first-order chi connectivity index (χ1) is 9.11. The maximum absolute atomic E-state index is 11.7. The average Bonchev–Trinajstić information content (AvgIpc) is 2.67. The Morgan fingerprint density at radius 2 is 2.21 bits per heavy atom. The standard InChI is InChI=1S/C14H24N4O/c1-4-10(2)8-13(19)15-9-12-16-17-14(18(12)3)11-6-5-7-11/h10-11H,4-9H2,1-3H3,(H,15,19). The highest BCUT2D eigenvalue weighted by molar-refractivity contribution is 5.75. The normalized spacial score (nSPS) is 17.0. The van der Waals surface area contributed by atoms with Crippen LogP contribution in [0.2, 0.25) is 0 Å². The number of hydrogen-bond acceptors (Lipinski definition) is 3. The Morgan fingerprint density at radius 1 is 1.47 bits per heavy atom. The highest BCUT2D eigenvalue weighted by Gasteiger charge is 2.25. The van der Waals surface area contributed by atoms with Crippen LogP contribution in [0.15, 0.2) is 0 Å². The van der Waals surface area contributed by atoms with E-state index < -0.39 is 0 Å². The molecule has 2 rings (SSSR count). The summed E-state index contributed by atoms with van der Waals surface area (Å²) in [6.45, 7) is 4.67. The van der Waals surface area contributed by atoms with Crippen LogP contribution in [0.4, 0.5) is 0 Å². The summed E-state index contributed by atoms with van der Waals surface area (Å²) in [5.74, 6) is 3.02. The highest BCUT2D eigenvalue weighted by Crippen LogP contribution is 2.34. The van der Waals surface area contributed by atoms with Crippen molar-refractivity contribution in [2.75, 3.05) is 0 Å². The van der Waals surface area contributed by atoms with Crippen molar-refractivity contribution in [3.05, 3.63) is 11.6 Å². The van der Waals surface area contributed by atoms with E-state index in [2.05, 4.69) is 29.4 Å². The van der Waals surface area contributed by atoms with Gasteiger partial charge >= 0.3 is 0 Å². The number of carbonyl (C=O) groups excluding carboxylic acids is 1. The van der Waals surface area contributed by atoms with E-state index in [1.165, 1.54) is 19.3 Å². The predicted molar refractivity (Wildman–Crippen MR) is 73.5 cm³/mol. The topological polar surface area (TPSA) is 59.8 Å². The van der Waals surface area contributed by atoms with Gasteiger partial charge in [0.1, 0.15) is 5.82 Å². The van der Waals surface area contributed by atoms with Gasteiger partial charge in [0.2, 0.25) is 5.91 Å². The molecule has 0 aliphatic heterocycles. The molecule has 106 valence electrons. The minimum atomic E-state index is 0.0996. The summed E-state index contributed by atoms with van der Waals surface area (Å²) < 4.78 is 2.04. The summed E-state index contributed by atoms with van der Waals surface area (Å²) in [5.41, 5.74) is 0. The summed E-state index contributed by atoms with van der Waals surface area (Å²) >= 11 is 0. The van der Waals surface area contributed by atoms with Gasteiger partial charge in [-0.05, 0) is 18.8 Å². The molecule has 5 heteroatoms. The molecule has 1 unspecified atom stereocenters. The largest absolute Gasteiger partial charge is 0.349 e. The Hall–Kier alpha value is -1.39. The van der Waals surface area contributed by atoms with Gasteiger partial charge in [0, 0.05) is 19.4 Å². The van der Waals surface area contributed by atoms with Crippen LogP contribution in [0.3, 0.4) is 0 Å². The van der Waals surface area contributed by atoms with Crippen LogP contribution in [0.25, 0.3) is 0 Å². The van der Waals surface area contributed by atoms with Gasteiger partial charge in [-0.1, -0.05) is 26.7 Å². The number of nitrogens with one attached hydrogen (secondary N) is 1. The van der Waals surface area contributed by atoms with Crippen LogP contribution in [0.1, 0.15) is 63.5 Å². The molecule has 1 fully saturated rings. The van der Waals surface area contributed by atoms with E-state index >= 15 is 0 Å². The average molecular weight is 264 g/mol. The Kier molecular flexibility index (Phi) is 4.56. The molecule has 0 bridgehead atoms. The highest BCUT2D eigenvalue weighted by atomic mass is 16.1. The van der Waals surface area contributed by atoms with Crippen molar-refractivity contribution < 1.29 is 4.79 Å². The van der Waals surface area contributed by atoms with Gasteiger partial charge in [-0.25, -0.2) is 0 Å². The SMILES string of the molecule is CCC(C)CC(=O)NCc1nnc(C2CCC2)n1C. The Bertz CT molecular complexity index is 437. The minimum Gasteiger partial charge on any atom is -0.349 e. The van der Waals surface area contributed by atoms with E-state index in [0.717, 1.165) is 18.1 Å². The van der Waals surface area contributed by atoms with E-state index in [1.54, 1.807) is 0 Å². The molecule has 1 heterocycles. The van der Waals surface area contributed by atoms with E-state index in [4.69, 9.17) is 0 Å². The third-order valence-electron chi connectivity index (χ3n) is 4.14. The lowest BCUT2D eigenvalue weighted by molar-refractivity contribution is -0.122. The monoisotopic (exact) mass is 264 g/mol. The summed E-state index contributed by atoms with van der Waals surface area (Å²) in [6, 6.07) is 0. The van der Waals surface area contributed by atoms with Gasteiger partial charge in [0.25, 0.3) is 0 Å². The molecule has 0 spiro atoms. The van der Waals surface area contributed by atoms with Gasteiger partial charge in [0.15, 0.2) is 5.82 Å². The van der Waals surface area contributed by atoms with Crippen LogP contribution in [-0.2, 0) is 18.4 Å². The molecule has 1 amide bonds. The quantitative estimate of drug-likeness (QED) is 0.856. The van der Waals surface area contributed by atoms with E-state index in [1.807, 2.05) is 11.6 Å². The Balaban J connectivity index is 1.86. The summed E-state index contributed by atoms with van der Waals surface area (Å²) in [5, 5.41) is 11.4. The molecular weight excluding hydrogens is 240 g/mol. The van der Waals surface area contributed by atoms with Crippen LogP contribution >= 0.6 is 0 Å². The molecule has 0 saturated heterocycles. The molecule has 1 atom stereocenters. The van der Waals surface area contributed by atoms with Crippen molar-refractivity contribution in [2.24, 2.45) is 13.0 Å². The smallest absolute Gasteiger partial charge is 0.220 e. The molecule has 1 N–H and O–H groups in total. The van der Waals surface area contributed by atoms with Gasteiger partial charge in [-0.15, -0.1) is 10.2 Å². The van der Waals surface area contributed by atoms with Crippen molar-refractivity contribution >= 4 is 5.91 Å². The second-order valence-electron chi connectivity index (χ2n) is 5.66. The first-order valence-electron chi connectivity index (χ1n) is 7.26. The van der Waals surface area contributed by atoms with Crippen LogP contribution in [0, 0.1) is 5.92 Å². The Labute approximate surface area is 114 Å². The lowest BCUT2D eigenvalue weighted by Crippen LogP contribution is -2.26. The first-order valence-corrected chi connectivity index (χ1v) is 7.26. The van der Waals surface area contributed by atoms with Gasteiger partial charge in [-0.2, -0.15) is 0 Å². The van der Waals surface area contributed by atoms with Gasteiger partial charge < -0.3 is 9.88 Å². The van der Waals surface area contributed by atoms with E-state index in [9.17, 15) is 4.79 Å². The Morgan fingerprint density at radius 3 is 2.79 bits per heavy atom. The molecule has 19 heavy (non-hydrogen) atoms. The van der Waals surface area contributed by atoms with Crippen LogP contribution in [0.5, 0.6) is 0 Å². The second-order valence-corrected chi connectivity index (χ2v) is 5.66. The van der Waals surface area contributed by atoms with Crippen molar-refractivity contribution in [1.82, 2.24) is 20.1 Å². The van der Waals surface area contributed by atoms with Crippen molar-refractivity contribution in [2.45, 2.75) is 58.4 Å². The predicted octanol–water partition coefficient (Wildman–Crippen LogP) is 2.13. The number of carbonyl (C=O) groups is 1. The molecule has 0 aromatic carbocycles. The summed E-state index contributed by atoms with van der Waals surface area (Å²) in [6.07, 6.45) is 5.34. The fourth-order valence-corrected chi connectivity index (χ4v) is 2.26. The fourth-order valence-electron chi connectivity index (χ4n) is 2.26. The number of amides is 1. The molecule has 1 aliphatic rings. The van der Waals surface area contributed by atoms with Crippen molar-refractivity contribution in [1.29, 1.82) is 0 Å². The number of aromatic nitrogens is 3. The lowest BCUT2D eigenvalue weighted by Gasteiger charge is -2.24. The summed E-state index contributed by atoms with van der Waals surface area (Å²) in [4.78, 5) is 11.7. The molecule has 5 nitrogen and oxygen atoms in total. The van der Waals surface area contributed by atoms with E-state index in [-0.39, 0.29) is 5.91 Å². The number of hydrogen-bond donors (Lipinski definition) is 1. The summed E-state index contributed by atoms with van der Waals surface area (Å²) in [7, 11) is 1.99. The molecular formula is C14H24N4O. The lowest BCUT2D eigenvalue weighted by atomic mass is 9.85. The molecule has 1 aliphatic carbocycles. The number of rotatable bonds is 6. The first kappa shape index (κ1) is 14.0. The zero-order valence-electron chi connectivity index (χ0n) is 12.1. The van der Waals surface area contributed by atoms with Crippen LogP contribution in [-0.4, -0.2) is 20.7 Å². The third-order valence-corrected chi connectivity index (χ3v) is 4.14. The zero-order valence-corrected chi connectivity index (χ0v) is 12.1. The fraction of sp³-hybridized carbons (Fsp3) is 0.786. The maximum atomic E-state index is 11.7. The van der Waals surface area contributed by atoms with E-state index in [0.29, 0.717) is 24.8 Å². The molecule has 1 saturated carbocycles. The van der Waals surface area contributed by atoms with Gasteiger partial charge in [-0.3, -0.25) is 4.79 Å². The van der Waals surface area contributed by atoms with Crippen molar-refractivity contribution in [3.8, 4) is 0 Å². The third kappa shape index (κ3) is 3.33. The molecule has 1 aromatic rings. The van der Waals surface area contributed by atoms with Crippen molar-refractivity contribution in [3.63, 3.8) is 0 Å². The molecule has 0 radical (unpaired) electrons. The zero-order chi connectivity index (χ0) is 13.8.